The lowest BCUT2D eigenvalue weighted by Gasteiger charge is -2.45. The van der Waals surface area contributed by atoms with Crippen molar-refractivity contribution in [3.63, 3.8) is 0 Å². The number of hydrogen-bond donors (Lipinski definition) is 1. The van der Waals surface area contributed by atoms with Gasteiger partial charge in [-0.25, -0.2) is 9.18 Å². The number of rotatable bonds is 2. The van der Waals surface area contributed by atoms with E-state index in [-0.39, 0.29) is 15.7 Å². The highest BCUT2D eigenvalue weighted by molar-refractivity contribution is 9.10. The van der Waals surface area contributed by atoms with E-state index < -0.39 is 23.2 Å². The molecule has 2 rings (SSSR count). The van der Waals surface area contributed by atoms with Crippen LogP contribution in [0.15, 0.2) is 16.6 Å². The van der Waals surface area contributed by atoms with Crippen LogP contribution in [0.5, 0.6) is 0 Å². The zero-order valence-electron chi connectivity index (χ0n) is 11.9. The van der Waals surface area contributed by atoms with Crippen molar-refractivity contribution in [3.05, 3.63) is 28.0 Å². The molecule has 1 aromatic rings. The van der Waals surface area contributed by atoms with Crippen molar-refractivity contribution in [2.45, 2.75) is 32.7 Å². The lowest BCUT2D eigenvalue weighted by Crippen LogP contribution is -2.54. The summed E-state index contributed by atoms with van der Waals surface area (Å²) in [5.41, 5.74) is -0.0304. The Bertz CT molecular complexity index is 625. The third-order valence-corrected chi connectivity index (χ3v) is 4.77. The van der Waals surface area contributed by atoms with Gasteiger partial charge in [-0.2, -0.15) is 5.26 Å². The van der Waals surface area contributed by atoms with E-state index in [1.807, 2.05) is 19.9 Å². The maximum absolute atomic E-state index is 14.5. The van der Waals surface area contributed by atoms with Crippen LogP contribution in [-0.4, -0.2) is 23.7 Å². The monoisotopic (exact) mass is 354 g/mol. The summed E-state index contributed by atoms with van der Waals surface area (Å²) in [6, 6.07) is 4.09. The Kier molecular flexibility index (Phi) is 4.24. The number of carboxylic acids is 1. The molecule has 1 N–H and O–H groups in total. The largest absolute Gasteiger partial charge is 0.480 e. The molecule has 0 saturated carbocycles. The predicted octanol–water partition coefficient (Wildman–Crippen LogP) is 3.54. The van der Waals surface area contributed by atoms with Crippen LogP contribution in [0.1, 0.15) is 32.3 Å². The third kappa shape index (κ3) is 2.75. The van der Waals surface area contributed by atoms with Gasteiger partial charge in [-0.05, 0) is 46.3 Å². The molecular formula is C15H16BrFN2O2. The molecule has 1 unspecified atom stereocenters. The lowest BCUT2D eigenvalue weighted by atomic mass is 9.76. The Morgan fingerprint density at radius 1 is 1.57 bits per heavy atom. The summed E-state index contributed by atoms with van der Waals surface area (Å²) in [5.74, 6) is -1.54. The molecule has 0 radical (unpaired) electrons. The van der Waals surface area contributed by atoms with Gasteiger partial charge >= 0.3 is 5.97 Å². The van der Waals surface area contributed by atoms with E-state index in [0.29, 0.717) is 6.54 Å². The van der Waals surface area contributed by atoms with Gasteiger partial charge in [0, 0.05) is 6.54 Å². The van der Waals surface area contributed by atoms with Crippen molar-refractivity contribution in [2.24, 2.45) is 5.41 Å². The van der Waals surface area contributed by atoms with Crippen LogP contribution in [-0.2, 0) is 4.79 Å². The second-order valence-electron chi connectivity index (χ2n) is 5.90. The number of nitrogens with zero attached hydrogens (tertiary/aromatic N) is 2. The van der Waals surface area contributed by atoms with Crippen molar-refractivity contribution in [1.82, 2.24) is 0 Å². The van der Waals surface area contributed by atoms with Crippen molar-refractivity contribution in [1.29, 1.82) is 5.26 Å². The number of halogens is 2. The average molecular weight is 355 g/mol. The Labute approximate surface area is 131 Å². The highest BCUT2D eigenvalue weighted by atomic mass is 79.9. The van der Waals surface area contributed by atoms with Crippen LogP contribution in [0.25, 0.3) is 0 Å². The Morgan fingerprint density at radius 2 is 2.24 bits per heavy atom. The first-order valence-corrected chi connectivity index (χ1v) is 7.46. The Hall–Kier alpha value is -1.61. The van der Waals surface area contributed by atoms with Gasteiger partial charge in [0.2, 0.25) is 0 Å². The van der Waals surface area contributed by atoms with Crippen LogP contribution in [0.4, 0.5) is 10.1 Å². The number of anilines is 1. The van der Waals surface area contributed by atoms with E-state index in [2.05, 4.69) is 15.9 Å². The van der Waals surface area contributed by atoms with Crippen LogP contribution in [0.2, 0.25) is 0 Å². The van der Waals surface area contributed by atoms with E-state index >= 15 is 0 Å². The second-order valence-corrected chi connectivity index (χ2v) is 6.69. The first-order valence-electron chi connectivity index (χ1n) is 6.67. The summed E-state index contributed by atoms with van der Waals surface area (Å²) in [6.07, 6.45) is 1.58. The summed E-state index contributed by atoms with van der Waals surface area (Å²) >= 11 is 3.07. The highest BCUT2D eigenvalue weighted by Gasteiger charge is 2.43. The molecular weight excluding hydrogens is 339 g/mol. The van der Waals surface area contributed by atoms with Crippen LogP contribution in [0, 0.1) is 22.6 Å². The van der Waals surface area contributed by atoms with Crippen LogP contribution < -0.4 is 4.90 Å². The van der Waals surface area contributed by atoms with Crippen molar-refractivity contribution in [3.8, 4) is 6.07 Å². The van der Waals surface area contributed by atoms with Crippen molar-refractivity contribution in [2.75, 3.05) is 11.4 Å². The molecule has 4 nitrogen and oxygen atoms in total. The minimum Gasteiger partial charge on any atom is -0.480 e. The van der Waals surface area contributed by atoms with Gasteiger partial charge in [0.25, 0.3) is 0 Å². The summed E-state index contributed by atoms with van der Waals surface area (Å²) in [4.78, 5) is 13.2. The number of carbonyl (C=O) groups is 1. The highest BCUT2D eigenvalue weighted by Crippen LogP contribution is 2.40. The standard InChI is InChI=1S/C15H16BrFN2O2/c1-15(2)6-3-7-19(13(15)14(20)21)10-5-4-9(8-18)11(16)12(10)17/h4-5,13H,3,6-7H2,1-2H3,(H,20,21). The molecule has 21 heavy (non-hydrogen) atoms. The molecule has 0 bridgehead atoms. The molecule has 0 spiro atoms. The normalized spacial score (nSPS) is 20.9. The molecule has 1 atom stereocenters. The molecule has 1 fully saturated rings. The second kappa shape index (κ2) is 5.64. The molecule has 1 aromatic carbocycles. The average Bonchev–Trinajstić information content (AvgIpc) is 2.40. The summed E-state index contributed by atoms with van der Waals surface area (Å²) < 4.78 is 14.6. The van der Waals surface area contributed by atoms with Gasteiger partial charge in [-0.15, -0.1) is 0 Å². The maximum atomic E-state index is 14.5. The van der Waals surface area contributed by atoms with Gasteiger partial charge in [-0.1, -0.05) is 13.8 Å². The van der Waals surface area contributed by atoms with E-state index in [9.17, 15) is 14.3 Å². The topological polar surface area (TPSA) is 64.3 Å². The smallest absolute Gasteiger partial charge is 0.326 e. The number of carboxylic acid groups (broad SMARTS) is 1. The van der Waals surface area contributed by atoms with Gasteiger partial charge in [-0.3, -0.25) is 0 Å². The fourth-order valence-electron chi connectivity index (χ4n) is 2.97. The molecule has 112 valence electrons. The molecule has 1 aliphatic rings. The number of nitriles is 1. The van der Waals surface area contributed by atoms with Crippen molar-refractivity contribution >= 4 is 27.6 Å². The Balaban J connectivity index is 2.52. The van der Waals surface area contributed by atoms with Crippen LogP contribution >= 0.6 is 15.9 Å². The molecule has 1 heterocycles. The zero-order chi connectivity index (χ0) is 15.8. The van der Waals surface area contributed by atoms with Gasteiger partial charge in [0.15, 0.2) is 5.82 Å². The lowest BCUT2D eigenvalue weighted by molar-refractivity contribution is -0.142. The molecule has 1 saturated heterocycles. The third-order valence-electron chi connectivity index (χ3n) is 4.00. The van der Waals surface area contributed by atoms with E-state index in [1.165, 1.54) is 12.1 Å². The first-order chi connectivity index (χ1) is 9.79. The number of benzene rings is 1. The van der Waals surface area contributed by atoms with E-state index in [4.69, 9.17) is 5.26 Å². The van der Waals surface area contributed by atoms with Gasteiger partial charge < -0.3 is 10.0 Å². The maximum Gasteiger partial charge on any atom is 0.326 e. The Morgan fingerprint density at radius 3 is 2.81 bits per heavy atom. The molecule has 0 aromatic heterocycles. The van der Waals surface area contributed by atoms with Crippen LogP contribution in [0.3, 0.4) is 0 Å². The molecule has 0 amide bonds. The van der Waals surface area contributed by atoms with E-state index in [0.717, 1.165) is 12.8 Å². The van der Waals surface area contributed by atoms with Crippen molar-refractivity contribution < 1.29 is 14.3 Å². The SMILES string of the molecule is CC1(C)CCCN(c2ccc(C#N)c(Br)c2F)C1C(=O)O. The number of hydrogen-bond acceptors (Lipinski definition) is 3. The molecule has 1 aliphatic heterocycles. The minimum absolute atomic E-state index is 0.0787. The quantitative estimate of drug-likeness (QED) is 0.881. The molecule has 6 heteroatoms. The van der Waals surface area contributed by atoms with Gasteiger partial charge in [0.05, 0.1) is 15.7 Å². The summed E-state index contributed by atoms with van der Waals surface area (Å²) in [7, 11) is 0. The zero-order valence-corrected chi connectivity index (χ0v) is 13.4. The minimum atomic E-state index is -0.959. The summed E-state index contributed by atoms with van der Waals surface area (Å²) in [5, 5.41) is 18.5. The molecule has 0 aliphatic carbocycles. The number of piperidine rings is 1. The summed E-state index contributed by atoms with van der Waals surface area (Å²) in [6.45, 7) is 4.25. The fraction of sp³-hybridized carbons (Fsp3) is 0.467. The number of aliphatic carboxylic acids is 1. The first kappa shape index (κ1) is 15.8. The fourth-order valence-corrected chi connectivity index (χ4v) is 3.39. The van der Waals surface area contributed by atoms with E-state index in [1.54, 1.807) is 4.90 Å². The van der Waals surface area contributed by atoms with Gasteiger partial charge in [0.1, 0.15) is 12.1 Å². The predicted molar refractivity (Wildman–Crippen MR) is 80.6 cm³/mol.